The highest BCUT2D eigenvalue weighted by Gasteiger charge is 2.15. The number of pyridine rings is 1. The third kappa shape index (κ3) is 12.5. The monoisotopic (exact) mass is 504 g/mol. The van der Waals surface area contributed by atoms with Gasteiger partial charge in [-0.25, -0.2) is 0 Å². The Labute approximate surface area is 211 Å². The van der Waals surface area contributed by atoms with Gasteiger partial charge in [0.1, 0.15) is 12.2 Å². The number of nitrogens with zero attached hydrogens (tertiary/aromatic N) is 1. The average molecular weight is 505 g/mol. The molecule has 1 heterocycles. The predicted octanol–water partition coefficient (Wildman–Crippen LogP) is 2.59. The number of carbonyl (C=O) groups is 2. The van der Waals surface area contributed by atoms with Gasteiger partial charge in [-0.3, -0.25) is 14.4 Å². The lowest BCUT2D eigenvalue weighted by Gasteiger charge is -2.19. The van der Waals surface area contributed by atoms with E-state index in [-0.39, 0.29) is 55.9 Å². The summed E-state index contributed by atoms with van der Waals surface area (Å²) in [7, 11) is 0. The van der Waals surface area contributed by atoms with Gasteiger partial charge in [-0.1, -0.05) is 36.4 Å². The molecule has 1 N–H and O–H groups in total. The van der Waals surface area contributed by atoms with E-state index >= 15 is 0 Å². The van der Waals surface area contributed by atoms with Crippen molar-refractivity contribution in [2.45, 2.75) is 45.8 Å². The lowest BCUT2D eigenvalue weighted by atomic mass is 10.2. The van der Waals surface area contributed by atoms with E-state index in [4.69, 9.17) is 23.8 Å². The average Bonchev–Trinajstić information content (AvgIpc) is 2.81. The molecule has 0 radical (unpaired) electrons. The van der Waals surface area contributed by atoms with Gasteiger partial charge in [-0.05, 0) is 32.4 Å². The Balaban J connectivity index is 1.55. The molecule has 1 amide bonds. The Kier molecular flexibility index (Phi) is 12.7. The molecule has 10 nitrogen and oxygen atoms in total. The molecule has 0 saturated heterocycles. The number of benzene rings is 1. The molecular weight excluding hydrogens is 468 g/mol. The molecule has 2 rings (SSSR count). The molecule has 0 aliphatic rings. The van der Waals surface area contributed by atoms with Crippen molar-refractivity contribution in [1.29, 1.82) is 0 Å². The van der Waals surface area contributed by atoms with E-state index in [1.165, 1.54) is 6.07 Å². The molecule has 1 aromatic carbocycles. The second kappa shape index (κ2) is 15.7. The third-order valence-corrected chi connectivity index (χ3v) is 4.47. The van der Waals surface area contributed by atoms with Crippen LogP contribution in [-0.4, -0.2) is 61.8 Å². The number of esters is 1. The first kappa shape index (κ1) is 29.0. The molecule has 0 saturated carbocycles. The molecule has 2 aromatic rings. The molecule has 0 unspecified atom stereocenters. The van der Waals surface area contributed by atoms with E-state index in [0.29, 0.717) is 26.4 Å². The van der Waals surface area contributed by atoms with Crippen LogP contribution >= 0.6 is 0 Å². The summed E-state index contributed by atoms with van der Waals surface area (Å²) in [6, 6.07) is 13.9. The van der Waals surface area contributed by atoms with E-state index in [0.717, 1.165) is 10.3 Å². The summed E-state index contributed by atoms with van der Waals surface area (Å²) in [6.45, 7) is 7.51. The number of hydrogen-bond donors (Lipinski definition) is 1. The summed E-state index contributed by atoms with van der Waals surface area (Å²) in [5.74, 6) is -0.355. The van der Waals surface area contributed by atoms with Crippen LogP contribution in [0.15, 0.2) is 53.3 Å². The summed E-state index contributed by atoms with van der Waals surface area (Å²) in [5, 5.41) is 2.68. The molecule has 36 heavy (non-hydrogen) atoms. The van der Waals surface area contributed by atoms with Crippen LogP contribution in [0.4, 0.5) is 5.82 Å². The number of anilines is 1. The van der Waals surface area contributed by atoms with Gasteiger partial charge in [0.25, 0.3) is 5.56 Å². The van der Waals surface area contributed by atoms with E-state index in [9.17, 15) is 14.4 Å². The van der Waals surface area contributed by atoms with Gasteiger partial charge < -0.3 is 29.1 Å². The van der Waals surface area contributed by atoms with Crippen molar-refractivity contribution in [2.24, 2.45) is 0 Å². The molecule has 0 spiro atoms. The highest BCUT2D eigenvalue weighted by Crippen LogP contribution is 2.08. The maximum atomic E-state index is 12.3. The fourth-order valence-corrected chi connectivity index (χ4v) is 2.87. The van der Waals surface area contributed by atoms with E-state index in [2.05, 4.69) is 5.32 Å². The van der Waals surface area contributed by atoms with Crippen LogP contribution in [0, 0.1) is 0 Å². The summed E-state index contributed by atoms with van der Waals surface area (Å²) in [4.78, 5) is 41.6. The Morgan fingerprint density at radius 2 is 1.42 bits per heavy atom. The van der Waals surface area contributed by atoms with Gasteiger partial charge in [0, 0.05) is 6.07 Å². The van der Waals surface area contributed by atoms with Gasteiger partial charge >= 0.3 is 5.97 Å². The van der Waals surface area contributed by atoms with Gasteiger partial charge in [-0.2, -0.15) is 0 Å². The Morgan fingerprint density at radius 3 is 2.06 bits per heavy atom. The number of amides is 1. The van der Waals surface area contributed by atoms with Crippen LogP contribution in [0.5, 0.6) is 0 Å². The first-order valence-electron chi connectivity index (χ1n) is 11.9. The minimum Gasteiger partial charge on any atom is -0.460 e. The zero-order chi connectivity index (χ0) is 26.2. The predicted molar refractivity (Wildman–Crippen MR) is 134 cm³/mol. The van der Waals surface area contributed by atoms with Gasteiger partial charge in [-0.15, -0.1) is 4.73 Å². The van der Waals surface area contributed by atoms with Crippen molar-refractivity contribution in [3.63, 3.8) is 0 Å². The second-order valence-corrected chi connectivity index (χ2v) is 8.77. The SMILES string of the molecule is CC(C)(C)OC(=O)CCOCCOCCOCCC(=O)Nc1cccc(=O)n1OCc1ccccc1. The van der Waals surface area contributed by atoms with E-state index in [1.54, 1.807) is 12.1 Å². The first-order chi connectivity index (χ1) is 17.2. The smallest absolute Gasteiger partial charge is 0.308 e. The number of rotatable bonds is 16. The second-order valence-electron chi connectivity index (χ2n) is 8.77. The van der Waals surface area contributed by atoms with Crippen LogP contribution in [0.2, 0.25) is 0 Å². The largest absolute Gasteiger partial charge is 0.460 e. The lowest BCUT2D eigenvalue weighted by Crippen LogP contribution is -2.30. The van der Waals surface area contributed by atoms with Crippen molar-refractivity contribution >= 4 is 17.7 Å². The summed E-state index contributed by atoms with van der Waals surface area (Å²) in [5.41, 5.74) is 0.0151. The topological polar surface area (TPSA) is 114 Å². The normalized spacial score (nSPS) is 11.2. The van der Waals surface area contributed by atoms with Crippen LogP contribution in [0.25, 0.3) is 0 Å². The van der Waals surface area contributed by atoms with Gasteiger partial charge in [0.15, 0.2) is 5.82 Å². The maximum Gasteiger partial charge on any atom is 0.308 e. The quantitative estimate of drug-likeness (QED) is 0.274. The highest BCUT2D eigenvalue weighted by atomic mass is 16.7. The molecule has 0 aliphatic heterocycles. The minimum atomic E-state index is -0.498. The van der Waals surface area contributed by atoms with Crippen LogP contribution < -0.4 is 15.7 Å². The minimum absolute atomic E-state index is 0.107. The molecule has 0 bridgehead atoms. The zero-order valence-corrected chi connectivity index (χ0v) is 21.2. The number of ether oxygens (including phenoxy) is 4. The first-order valence-corrected chi connectivity index (χ1v) is 11.9. The van der Waals surface area contributed by atoms with Crippen LogP contribution in [0.1, 0.15) is 39.2 Å². The molecular formula is C26H36N2O8. The fraction of sp³-hybridized carbons (Fsp3) is 0.500. The molecule has 0 fully saturated rings. The standard InChI is InChI=1S/C26H36N2O8/c1-26(2,3)36-25(31)13-15-33-17-19-34-18-16-32-14-12-23(29)27-22-10-7-11-24(30)28(22)35-20-21-8-5-4-6-9-21/h4-11H,12-20H2,1-3H3,(H,27,29). The van der Waals surface area contributed by atoms with Crippen LogP contribution in [0.3, 0.4) is 0 Å². The molecule has 198 valence electrons. The molecule has 10 heteroatoms. The number of hydrogen-bond acceptors (Lipinski definition) is 8. The Hall–Kier alpha value is -3.21. The lowest BCUT2D eigenvalue weighted by molar-refractivity contribution is -0.156. The van der Waals surface area contributed by atoms with Gasteiger partial charge in [0.2, 0.25) is 5.91 Å². The van der Waals surface area contributed by atoms with Crippen molar-refractivity contribution in [3.05, 3.63) is 64.4 Å². The van der Waals surface area contributed by atoms with Crippen molar-refractivity contribution in [1.82, 2.24) is 4.73 Å². The summed E-state index contributed by atoms with van der Waals surface area (Å²) >= 11 is 0. The van der Waals surface area contributed by atoms with Crippen LogP contribution in [-0.2, 0) is 35.1 Å². The maximum absolute atomic E-state index is 12.3. The number of aromatic nitrogens is 1. The number of nitrogens with one attached hydrogen (secondary N) is 1. The third-order valence-electron chi connectivity index (χ3n) is 4.47. The van der Waals surface area contributed by atoms with Crippen molar-refractivity contribution < 1.29 is 33.4 Å². The van der Waals surface area contributed by atoms with Gasteiger partial charge in [0.05, 0.1) is 52.5 Å². The Morgan fingerprint density at radius 1 is 0.806 bits per heavy atom. The summed E-state index contributed by atoms with van der Waals surface area (Å²) in [6.07, 6.45) is 0.302. The van der Waals surface area contributed by atoms with E-state index < -0.39 is 5.60 Å². The fourth-order valence-electron chi connectivity index (χ4n) is 2.87. The van der Waals surface area contributed by atoms with E-state index in [1.807, 2.05) is 51.1 Å². The highest BCUT2D eigenvalue weighted by molar-refractivity contribution is 5.89. The van der Waals surface area contributed by atoms with Crippen molar-refractivity contribution in [2.75, 3.05) is 45.0 Å². The Bertz CT molecular complexity index is 985. The zero-order valence-electron chi connectivity index (χ0n) is 21.2. The molecule has 0 atom stereocenters. The van der Waals surface area contributed by atoms with Crippen molar-refractivity contribution in [3.8, 4) is 0 Å². The molecule has 0 aliphatic carbocycles. The number of carbonyl (C=O) groups excluding carboxylic acids is 2. The molecule has 1 aromatic heterocycles. The summed E-state index contributed by atoms with van der Waals surface area (Å²) < 4.78 is 22.4.